The molecule has 3 rings (SSSR count). The molecule has 5 heteroatoms. The van der Waals surface area contributed by atoms with Gasteiger partial charge in [-0.15, -0.1) is 0 Å². The molecule has 2 aliphatic rings. The molecule has 136 valence electrons. The topological polar surface area (TPSA) is 52.7 Å². The summed E-state index contributed by atoms with van der Waals surface area (Å²) in [5.41, 5.74) is 4.91. The van der Waals surface area contributed by atoms with Crippen molar-refractivity contribution in [3.8, 4) is 0 Å². The summed E-state index contributed by atoms with van der Waals surface area (Å²) in [5, 5.41) is 3.07. The Kier molecular flexibility index (Phi) is 5.30. The molecule has 0 spiro atoms. The molecule has 0 bridgehead atoms. The average Bonchev–Trinajstić information content (AvgIpc) is 3.00. The smallest absolute Gasteiger partial charge is 0.317 e. The highest BCUT2D eigenvalue weighted by atomic mass is 16.2. The Balaban J connectivity index is 1.51. The minimum Gasteiger partial charge on any atom is -0.340 e. The number of hydrogen-bond acceptors (Lipinski definition) is 2. The molecule has 1 aromatic carbocycles. The number of urea groups is 1. The predicted octanol–water partition coefficient (Wildman–Crippen LogP) is 2.91. The van der Waals surface area contributed by atoms with Crippen LogP contribution in [0.4, 0.5) is 4.79 Å². The fourth-order valence-electron chi connectivity index (χ4n) is 4.20. The molecule has 0 aliphatic carbocycles. The van der Waals surface area contributed by atoms with Crippen LogP contribution in [0, 0.1) is 20.8 Å². The lowest BCUT2D eigenvalue weighted by molar-refractivity contribution is -0.130. The van der Waals surface area contributed by atoms with Crippen molar-refractivity contribution in [2.45, 2.75) is 59.0 Å². The first-order valence-electron chi connectivity index (χ1n) is 9.34. The zero-order chi connectivity index (χ0) is 18.0. The minimum absolute atomic E-state index is 0.00516. The third-order valence-corrected chi connectivity index (χ3v) is 5.56. The maximum atomic E-state index is 12.5. The number of hydrogen-bond donors (Lipinski definition) is 1. The number of likely N-dealkylation sites (tertiary alicyclic amines) is 2. The quantitative estimate of drug-likeness (QED) is 0.917. The van der Waals surface area contributed by atoms with Crippen LogP contribution in [0.25, 0.3) is 0 Å². The van der Waals surface area contributed by atoms with E-state index in [-0.39, 0.29) is 11.9 Å². The fourth-order valence-corrected chi connectivity index (χ4v) is 4.20. The van der Waals surface area contributed by atoms with Gasteiger partial charge in [-0.1, -0.05) is 17.7 Å². The molecule has 2 heterocycles. The summed E-state index contributed by atoms with van der Waals surface area (Å²) in [6.45, 7) is 9.21. The summed E-state index contributed by atoms with van der Waals surface area (Å²) in [5.74, 6) is 0.285. The molecule has 2 fully saturated rings. The van der Waals surface area contributed by atoms with Crippen molar-refractivity contribution in [3.63, 3.8) is 0 Å². The molecule has 5 nitrogen and oxygen atoms in total. The Bertz CT molecular complexity index is 640. The number of aryl methyl sites for hydroxylation is 3. The third kappa shape index (κ3) is 3.97. The molecule has 2 saturated heterocycles. The van der Waals surface area contributed by atoms with Crippen LogP contribution in [0.5, 0.6) is 0 Å². The monoisotopic (exact) mass is 343 g/mol. The number of carbonyl (C=O) groups excluding carboxylic acids is 2. The van der Waals surface area contributed by atoms with Crippen molar-refractivity contribution in [3.05, 3.63) is 34.4 Å². The number of benzene rings is 1. The molecule has 25 heavy (non-hydrogen) atoms. The second-order valence-electron chi connectivity index (χ2n) is 7.44. The number of amides is 3. The van der Waals surface area contributed by atoms with E-state index in [9.17, 15) is 9.59 Å². The van der Waals surface area contributed by atoms with Crippen LogP contribution < -0.4 is 5.32 Å². The van der Waals surface area contributed by atoms with Gasteiger partial charge >= 0.3 is 6.03 Å². The zero-order valence-electron chi connectivity index (χ0n) is 15.6. The molecule has 0 saturated carbocycles. The van der Waals surface area contributed by atoms with Gasteiger partial charge in [-0.25, -0.2) is 4.79 Å². The number of rotatable bonds is 3. The highest BCUT2D eigenvalue weighted by molar-refractivity contribution is 5.78. The van der Waals surface area contributed by atoms with Gasteiger partial charge in [0.05, 0.1) is 0 Å². The van der Waals surface area contributed by atoms with Crippen molar-refractivity contribution in [2.24, 2.45) is 0 Å². The second kappa shape index (κ2) is 7.46. The molecule has 0 unspecified atom stereocenters. The summed E-state index contributed by atoms with van der Waals surface area (Å²) in [6.07, 6.45) is 3.45. The standard InChI is InChI=1S/C20H29N3O2/c1-14-11-15(2)18(16(3)12-14)13-21-20(25)22-9-6-17(7-10-22)23-8-4-5-19(23)24/h11-12,17H,4-10,13H2,1-3H3,(H,21,25). The first-order chi connectivity index (χ1) is 12.0. The van der Waals surface area contributed by atoms with E-state index in [4.69, 9.17) is 0 Å². The van der Waals surface area contributed by atoms with Gasteiger partial charge in [0.1, 0.15) is 0 Å². The Hall–Kier alpha value is -2.04. The van der Waals surface area contributed by atoms with Crippen LogP contribution in [0.3, 0.4) is 0 Å². The van der Waals surface area contributed by atoms with Crippen LogP contribution in [0.2, 0.25) is 0 Å². The lowest BCUT2D eigenvalue weighted by Crippen LogP contribution is -2.49. The fraction of sp³-hybridized carbons (Fsp3) is 0.600. The second-order valence-corrected chi connectivity index (χ2v) is 7.44. The summed E-state index contributed by atoms with van der Waals surface area (Å²) in [6, 6.07) is 4.64. The van der Waals surface area contributed by atoms with Gasteiger partial charge in [0.2, 0.25) is 5.91 Å². The van der Waals surface area contributed by atoms with Crippen molar-refractivity contribution in [1.29, 1.82) is 0 Å². The highest BCUT2D eigenvalue weighted by Crippen LogP contribution is 2.22. The largest absolute Gasteiger partial charge is 0.340 e. The van der Waals surface area contributed by atoms with E-state index in [1.54, 1.807) is 0 Å². The number of carbonyl (C=O) groups is 2. The van der Waals surface area contributed by atoms with Crippen molar-refractivity contribution in [2.75, 3.05) is 19.6 Å². The molecule has 0 aromatic heterocycles. The van der Waals surface area contributed by atoms with Gasteiger partial charge in [-0.05, 0) is 56.7 Å². The van der Waals surface area contributed by atoms with Gasteiger partial charge in [0.25, 0.3) is 0 Å². The molecule has 0 atom stereocenters. The number of piperidine rings is 1. The van der Waals surface area contributed by atoms with Gasteiger partial charge in [0.15, 0.2) is 0 Å². The Labute approximate surface area is 150 Å². The van der Waals surface area contributed by atoms with Crippen LogP contribution in [-0.2, 0) is 11.3 Å². The van der Waals surface area contributed by atoms with Crippen LogP contribution >= 0.6 is 0 Å². The lowest BCUT2D eigenvalue weighted by Gasteiger charge is -2.36. The number of nitrogens with zero attached hydrogens (tertiary/aromatic N) is 2. The SMILES string of the molecule is Cc1cc(C)c(CNC(=O)N2CCC(N3CCCC3=O)CC2)c(C)c1. The molecule has 3 amide bonds. The predicted molar refractivity (Wildman–Crippen MR) is 98.4 cm³/mol. The molecular weight excluding hydrogens is 314 g/mol. The van der Waals surface area contributed by atoms with Gasteiger partial charge in [-0.2, -0.15) is 0 Å². The van der Waals surface area contributed by atoms with Crippen LogP contribution in [-0.4, -0.2) is 47.4 Å². The average molecular weight is 343 g/mol. The van der Waals surface area contributed by atoms with E-state index in [2.05, 4.69) is 38.2 Å². The molecule has 2 aliphatic heterocycles. The third-order valence-electron chi connectivity index (χ3n) is 5.56. The number of nitrogens with one attached hydrogen (secondary N) is 1. The Morgan fingerprint density at radius 2 is 1.76 bits per heavy atom. The van der Waals surface area contributed by atoms with Gasteiger partial charge in [0, 0.05) is 38.6 Å². The van der Waals surface area contributed by atoms with Gasteiger partial charge < -0.3 is 15.1 Å². The van der Waals surface area contributed by atoms with Crippen LogP contribution in [0.1, 0.15) is 47.9 Å². The van der Waals surface area contributed by atoms with E-state index in [0.29, 0.717) is 19.0 Å². The van der Waals surface area contributed by atoms with E-state index in [1.807, 2.05) is 9.80 Å². The molecule has 0 radical (unpaired) electrons. The zero-order valence-corrected chi connectivity index (χ0v) is 15.6. The molecule has 1 N–H and O–H groups in total. The van der Waals surface area contributed by atoms with Gasteiger partial charge in [-0.3, -0.25) is 4.79 Å². The minimum atomic E-state index is 0.00516. The Morgan fingerprint density at radius 3 is 2.32 bits per heavy atom. The summed E-state index contributed by atoms with van der Waals surface area (Å²) < 4.78 is 0. The van der Waals surface area contributed by atoms with E-state index < -0.39 is 0 Å². The van der Waals surface area contributed by atoms with Crippen molar-refractivity contribution in [1.82, 2.24) is 15.1 Å². The van der Waals surface area contributed by atoms with E-state index in [1.165, 1.54) is 22.3 Å². The summed E-state index contributed by atoms with van der Waals surface area (Å²) >= 11 is 0. The molecular formula is C20H29N3O2. The molecule has 1 aromatic rings. The van der Waals surface area contributed by atoms with E-state index >= 15 is 0 Å². The summed E-state index contributed by atoms with van der Waals surface area (Å²) in [7, 11) is 0. The van der Waals surface area contributed by atoms with Crippen molar-refractivity contribution < 1.29 is 9.59 Å². The normalized spacial score (nSPS) is 18.8. The van der Waals surface area contributed by atoms with Crippen LogP contribution in [0.15, 0.2) is 12.1 Å². The maximum Gasteiger partial charge on any atom is 0.317 e. The first kappa shape index (κ1) is 17.8. The lowest BCUT2D eigenvalue weighted by atomic mass is 10.00. The maximum absolute atomic E-state index is 12.5. The summed E-state index contributed by atoms with van der Waals surface area (Å²) in [4.78, 5) is 28.3. The highest BCUT2D eigenvalue weighted by Gasteiger charge is 2.31. The van der Waals surface area contributed by atoms with Crippen molar-refractivity contribution >= 4 is 11.9 Å². The Morgan fingerprint density at radius 1 is 1.12 bits per heavy atom. The first-order valence-corrected chi connectivity index (χ1v) is 9.34. The van der Waals surface area contributed by atoms with E-state index in [0.717, 1.165) is 38.9 Å².